The number of benzene rings is 2. The Kier molecular flexibility index (Phi) is 4.91. The lowest BCUT2D eigenvalue weighted by Gasteiger charge is -2.33. The molecular weight excluding hydrogens is 398 g/mol. The van der Waals surface area contributed by atoms with E-state index in [0.29, 0.717) is 18.8 Å². The van der Waals surface area contributed by atoms with Crippen molar-refractivity contribution in [3.8, 4) is 5.75 Å². The van der Waals surface area contributed by atoms with Gasteiger partial charge in [-0.2, -0.15) is 9.40 Å². The van der Waals surface area contributed by atoms with Gasteiger partial charge in [-0.05, 0) is 34.9 Å². The lowest BCUT2D eigenvalue weighted by atomic mass is 9.87. The highest BCUT2D eigenvalue weighted by molar-refractivity contribution is 7.89. The Balaban J connectivity index is 1.75. The molecule has 0 saturated carbocycles. The monoisotopic (exact) mass is 417 g/mol. The van der Waals surface area contributed by atoms with Crippen LogP contribution in [0.1, 0.15) is 22.6 Å². The number of aryl methyl sites for hydroxylation is 1. The fourth-order valence-corrected chi connectivity index (χ4v) is 5.40. The van der Waals surface area contributed by atoms with Gasteiger partial charge in [-0.3, -0.25) is 4.68 Å². The molecule has 0 fully saturated rings. The van der Waals surface area contributed by atoms with Gasteiger partial charge in [0.15, 0.2) is 0 Å². The summed E-state index contributed by atoms with van der Waals surface area (Å²) in [5, 5.41) is 4.53. The molecule has 0 bridgehead atoms. The van der Waals surface area contributed by atoms with Gasteiger partial charge in [0, 0.05) is 32.3 Å². The van der Waals surface area contributed by atoms with Crippen LogP contribution in [0.25, 0.3) is 0 Å². The number of rotatable bonds is 4. The smallest absolute Gasteiger partial charge is 0.243 e. The van der Waals surface area contributed by atoms with Gasteiger partial charge in [-0.1, -0.05) is 35.9 Å². The Morgan fingerprint density at radius 1 is 1.21 bits per heavy atom. The number of ether oxygens (including phenoxy) is 1. The summed E-state index contributed by atoms with van der Waals surface area (Å²) in [5.41, 5.74) is 3.11. The minimum absolute atomic E-state index is 0.0813. The molecule has 0 radical (unpaired) electrons. The molecule has 1 aromatic heterocycles. The van der Waals surface area contributed by atoms with E-state index in [1.807, 2.05) is 31.4 Å². The molecule has 0 N–H and O–H groups in total. The molecule has 1 aliphatic heterocycles. The van der Waals surface area contributed by atoms with E-state index in [2.05, 4.69) is 11.2 Å². The number of halogens is 1. The van der Waals surface area contributed by atoms with Crippen molar-refractivity contribution in [3.63, 3.8) is 0 Å². The van der Waals surface area contributed by atoms with Crippen molar-refractivity contribution in [3.05, 3.63) is 76.6 Å². The Morgan fingerprint density at radius 2 is 2.00 bits per heavy atom. The van der Waals surface area contributed by atoms with Gasteiger partial charge >= 0.3 is 0 Å². The fourth-order valence-electron chi connectivity index (χ4n) is 3.62. The Labute approximate surface area is 169 Å². The van der Waals surface area contributed by atoms with Crippen molar-refractivity contribution >= 4 is 21.6 Å². The predicted molar refractivity (Wildman–Crippen MR) is 107 cm³/mol. The summed E-state index contributed by atoms with van der Waals surface area (Å²) in [6.07, 6.45) is 3.73. The quantitative estimate of drug-likeness (QED) is 0.652. The summed E-state index contributed by atoms with van der Waals surface area (Å²) in [5.74, 6) is 0.361. The fraction of sp³-hybridized carbons (Fsp3) is 0.250. The van der Waals surface area contributed by atoms with Gasteiger partial charge in [0.2, 0.25) is 10.0 Å². The minimum Gasteiger partial charge on any atom is -0.495 e. The van der Waals surface area contributed by atoms with E-state index in [1.54, 1.807) is 16.9 Å². The minimum atomic E-state index is -3.72. The second-order valence-corrected chi connectivity index (χ2v) is 9.14. The topological polar surface area (TPSA) is 64.4 Å². The molecule has 4 rings (SSSR count). The van der Waals surface area contributed by atoms with E-state index < -0.39 is 10.0 Å². The zero-order valence-electron chi connectivity index (χ0n) is 15.5. The van der Waals surface area contributed by atoms with Crippen LogP contribution in [-0.2, 0) is 23.6 Å². The molecule has 2 aromatic carbocycles. The summed E-state index contributed by atoms with van der Waals surface area (Å²) in [6.45, 7) is 0.660. The van der Waals surface area contributed by atoms with Crippen LogP contribution in [0.3, 0.4) is 0 Å². The Hall–Kier alpha value is -2.35. The van der Waals surface area contributed by atoms with Crippen molar-refractivity contribution in [1.29, 1.82) is 0 Å². The molecule has 0 unspecified atom stereocenters. The molecule has 0 amide bonds. The standard InChI is InChI=1S/C20H20ClN3O3S/c1-23-11-15(10-22-23)18-13-24(12-14-5-3-4-6-17(14)18)28(25,26)16-7-8-20(27-2)19(21)9-16/h3-11,18H,12-13H2,1-2H3/t18-/m1/s1. The van der Waals surface area contributed by atoms with Gasteiger partial charge in [0.05, 0.1) is 23.2 Å². The second kappa shape index (κ2) is 7.24. The SMILES string of the molecule is COc1ccc(S(=O)(=O)N2Cc3ccccc3[C@@H](c3cnn(C)c3)C2)cc1Cl. The number of sulfonamides is 1. The predicted octanol–water partition coefficient (Wildman–Crippen LogP) is 3.42. The first-order valence-electron chi connectivity index (χ1n) is 8.80. The van der Waals surface area contributed by atoms with Gasteiger partial charge in [-0.25, -0.2) is 8.42 Å². The number of nitrogens with zero attached hydrogens (tertiary/aromatic N) is 3. The number of hydrogen-bond donors (Lipinski definition) is 0. The number of hydrogen-bond acceptors (Lipinski definition) is 4. The van der Waals surface area contributed by atoms with Crippen molar-refractivity contribution in [2.24, 2.45) is 7.05 Å². The van der Waals surface area contributed by atoms with Crippen LogP contribution in [0, 0.1) is 0 Å². The highest BCUT2D eigenvalue weighted by Gasteiger charge is 2.34. The Bertz CT molecular complexity index is 1130. The third-order valence-corrected chi connectivity index (χ3v) is 7.15. The molecule has 146 valence electrons. The number of aromatic nitrogens is 2. The molecule has 0 saturated heterocycles. The number of methoxy groups -OCH3 is 1. The maximum absolute atomic E-state index is 13.3. The van der Waals surface area contributed by atoms with E-state index >= 15 is 0 Å². The van der Waals surface area contributed by atoms with Crippen molar-refractivity contribution < 1.29 is 13.2 Å². The first-order valence-corrected chi connectivity index (χ1v) is 10.6. The van der Waals surface area contributed by atoms with E-state index in [-0.39, 0.29) is 15.8 Å². The normalized spacial score (nSPS) is 17.3. The summed E-state index contributed by atoms with van der Waals surface area (Å²) < 4.78 is 35.0. The molecule has 1 atom stereocenters. The van der Waals surface area contributed by atoms with Crippen molar-refractivity contribution in [1.82, 2.24) is 14.1 Å². The van der Waals surface area contributed by atoms with Crippen molar-refractivity contribution in [2.45, 2.75) is 17.4 Å². The van der Waals surface area contributed by atoms with Crippen LogP contribution >= 0.6 is 11.6 Å². The summed E-state index contributed by atoms with van der Waals surface area (Å²) in [4.78, 5) is 0.155. The van der Waals surface area contributed by atoms with Crippen LogP contribution < -0.4 is 4.74 Å². The molecule has 1 aliphatic rings. The molecule has 0 spiro atoms. The van der Waals surface area contributed by atoms with E-state index in [4.69, 9.17) is 16.3 Å². The van der Waals surface area contributed by atoms with Crippen LogP contribution in [0.4, 0.5) is 0 Å². The van der Waals surface area contributed by atoms with Crippen LogP contribution in [0.2, 0.25) is 5.02 Å². The van der Waals surface area contributed by atoms with E-state index in [0.717, 1.165) is 16.7 Å². The average Bonchev–Trinajstić information content (AvgIpc) is 3.13. The van der Waals surface area contributed by atoms with Crippen LogP contribution in [0.5, 0.6) is 5.75 Å². The Morgan fingerprint density at radius 3 is 2.68 bits per heavy atom. The molecule has 6 nitrogen and oxygen atoms in total. The first-order chi connectivity index (χ1) is 13.4. The maximum Gasteiger partial charge on any atom is 0.243 e. The third kappa shape index (κ3) is 3.30. The maximum atomic E-state index is 13.3. The van der Waals surface area contributed by atoms with Gasteiger partial charge in [-0.15, -0.1) is 0 Å². The summed E-state index contributed by atoms with van der Waals surface area (Å²) in [6, 6.07) is 12.5. The molecule has 3 aromatic rings. The zero-order valence-corrected chi connectivity index (χ0v) is 17.1. The molecule has 8 heteroatoms. The first kappa shape index (κ1) is 19.0. The second-order valence-electron chi connectivity index (χ2n) is 6.79. The lowest BCUT2D eigenvalue weighted by molar-refractivity contribution is 0.371. The van der Waals surface area contributed by atoms with Crippen LogP contribution in [0.15, 0.2) is 59.8 Å². The third-order valence-electron chi connectivity index (χ3n) is 5.05. The zero-order chi connectivity index (χ0) is 19.9. The van der Waals surface area contributed by atoms with Crippen LogP contribution in [-0.4, -0.2) is 36.2 Å². The van der Waals surface area contributed by atoms with Gasteiger partial charge in [0.25, 0.3) is 0 Å². The van der Waals surface area contributed by atoms with Gasteiger partial charge < -0.3 is 4.74 Å². The van der Waals surface area contributed by atoms with Gasteiger partial charge in [0.1, 0.15) is 5.75 Å². The highest BCUT2D eigenvalue weighted by Crippen LogP contribution is 2.36. The lowest BCUT2D eigenvalue weighted by Crippen LogP contribution is -2.38. The highest BCUT2D eigenvalue weighted by atomic mass is 35.5. The molecular formula is C20H20ClN3O3S. The van der Waals surface area contributed by atoms with E-state index in [9.17, 15) is 8.42 Å². The molecule has 28 heavy (non-hydrogen) atoms. The average molecular weight is 418 g/mol. The van der Waals surface area contributed by atoms with Crippen molar-refractivity contribution in [2.75, 3.05) is 13.7 Å². The van der Waals surface area contributed by atoms with E-state index in [1.165, 1.54) is 23.5 Å². The molecule has 0 aliphatic carbocycles. The number of fused-ring (bicyclic) bond motifs is 1. The molecule has 2 heterocycles. The summed E-state index contributed by atoms with van der Waals surface area (Å²) >= 11 is 6.16. The largest absolute Gasteiger partial charge is 0.495 e. The summed E-state index contributed by atoms with van der Waals surface area (Å²) in [7, 11) is -0.371.